The van der Waals surface area contributed by atoms with Crippen LogP contribution in [0.5, 0.6) is 0 Å². The summed E-state index contributed by atoms with van der Waals surface area (Å²) in [6, 6.07) is 13.7. The minimum Gasteiger partial charge on any atom is -0.378 e. The lowest BCUT2D eigenvalue weighted by Crippen LogP contribution is -2.49. The van der Waals surface area contributed by atoms with Gasteiger partial charge in [0, 0.05) is 69.1 Å². The maximum absolute atomic E-state index is 13.0. The van der Waals surface area contributed by atoms with Gasteiger partial charge < -0.3 is 24.0 Å². The Kier molecular flexibility index (Phi) is 5.54. The maximum Gasteiger partial charge on any atom is 0.253 e. The maximum atomic E-state index is 13.0. The van der Waals surface area contributed by atoms with Gasteiger partial charge in [-0.25, -0.2) is 4.98 Å². The van der Waals surface area contributed by atoms with E-state index in [0.29, 0.717) is 26.3 Å². The molecule has 8 nitrogen and oxygen atoms in total. The first-order valence-electron chi connectivity index (χ1n) is 10.7. The molecule has 2 saturated heterocycles. The first-order valence-corrected chi connectivity index (χ1v) is 10.7. The predicted octanol–water partition coefficient (Wildman–Crippen LogP) is 2.07. The molecule has 1 amide bonds. The molecule has 2 aliphatic rings. The molecule has 8 heteroatoms. The fourth-order valence-electron chi connectivity index (χ4n) is 4.04. The lowest BCUT2D eigenvalue weighted by molar-refractivity contribution is 0.0746. The van der Waals surface area contributed by atoms with Gasteiger partial charge in [-0.15, -0.1) is 0 Å². The quantitative estimate of drug-likeness (QED) is 0.646. The topological polar surface area (TPSA) is 66.7 Å². The number of piperazine rings is 1. The van der Waals surface area contributed by atoms with Crippen molar-refractivity contribution in [3.63, 3.8) is 0 Å². The zero-order valence-corrected chi connectivity index (χ0v) is 17.4. The van der Waals surface area contributed by atoms with Gasteiger partial charge in [-0.2, -0.15) is 4.98 Å². The minimum atomic E-state index is 0.0791. The Bertz CT molecular complexity index is 1010. The average molecular weight is 419 g/mol. The Labute approximate surface area is 181 Å². The molecule has 1 aromatic carbocycles. The summed E-state index contributed by atoms with van der Waals surface area (Å²) in [5.41, 5.74) is 1.77. The monoisotopic (exact) mass is 418 g/mol. The van der Waals surface area contributed by atoms with Gasteiger partial charge in [-0.1, -0.05) is 0 Å². The van der Waals surface area contributed by atoms with Gasteiger partial charge in [0.05, 0.1) is 13.2 Å². The van der Waals surface area contributed by atoms with Gasteiger partial charge >= 0.3 is 0 Å². The molecule has 31 heavy (non-hydrogen) atoms. The van der Waals surface area contributed by atoms with Crippen LogP contribution in [0.2, 0.25) is 0 Å². The molecule has 0 saturated carbocycles. The summed E-state index contributed by atoms with van der Waals surface area (Å²) in [6.07, 6.45) is 5.80. The Morgan fingerprint density at radius 1 is 0.839 bits per heavy atom. The Morgan fingerprint density at radius 2 is 1.55 bits per heavy atom. The van der Waals surface area contributed by atoms with Crippen molar-refractivity contribution in [1.29, 1.82) is 0 Å². The zero-order valence-electron chi connectivity index (χ0n) is 17.4. The third-order valence-electron chi connectivity index (χ3n) is 5.83. The van der Waals surface area contributed by atoms with Crippen LogP contribution >= 0.6 is 0 Å². The van der Waals surface area contributed by atoms with Crippen LogP contribution < -0.4 is 9.80 Å². The number of rotatable bonds is 4. The molecule has 0 N–H and O–H groups in total. The van der Waals surface area contributed by atoms with Crippen LogP contribution in [0.25, 0.3) is 5.69 Å². The van der Waals surface area contributed by atoms with Crippen molar-refractivity contribution in [2.24, 2.45) is 0 Å². The number of amides is 1. The Balaban J connectivity index is 1.21. The van der Waals surface area contributed by atoms with E-state index in [-0.39, 0.29) is 5.91 Å². The van der Waals surface area contributed by atoms with Crippen molar-refractivity contribution in [1.82, 2.24) is 19.4 Å². The summed E-state index contributed by atoms with van der Waals surface area (Å²) < 4.78 is 7.45. The summed E-state index contributed by atoms with van der Waals surface area (Å²) in [6.45, 7) is 5.91. The summed E-state index contributed by atoms with van der Waals surface area (Å²) in [5, 5.41) is 0. The van der Waals surface area contributed by atoms with Crippen molar-refractivity contribution in [3.8, 4) is 5.69 Å². The van der Waals surface area contributed by atoms with E-state index >= 15 is 0 Å². The first kappa shape index (κ1) is 19.6. The van der Waals surface area contributed by atoms with Crippen molar-refractivity contribution < 1.29 is 9.53 Å². The molecule has 3 aromatic rings. The number of benzene rings is 1. The highest BCUT2D eigenvalue weighted by atomic mass is 16.5. The second kappa shape index (κ2) is 8.77. The average Bonchev–Trinajstić information content (AvgIpc) is 3.40. The smallest absolute Gasteiger partial charge is 0.253 e. The molecule has 160 valence electrons. The normalized spacial score (nSPS) is 17.1. The van der Waals surface area contributed by atoms with Crippen LogP contribution in [0.15, 0.2) is 61.1 Å². The Morgan fingerprint density at radius 3 is 2.26 bits per heavy atom. The molecule has 4 heterocycles. The van der Waals surface area contributed by atoms with E-state index in [2.05, 4.69) is 14.8 Å². The van der Waals surface area contributed by atoms with Gasteiger partial charge in [0.15, 0.2) is 0 Å². The van der Waals surface area contributed by atoms with Gasteiger partial charge in [0.25, 0.3) is 5.91 Å². The number of anilines is 2. The number of ether oxygens (including phenoxy) is 1. The van der Waals surface area contributed by atoms with Crippen LogP contribution in [0, 0.1) is 0 Å². The number of carbonyl (C=O) groups is 1. The molecule has 0 atom stereocenters. The van der Waals surface area contributed by atoms with Crippen molar-refractivity contribution in [3.05, 3.63) is 66.6 Å². The highest BCUT2D eigenvalue weighted by Gasteiger charge is 2.24. The van der Waals surface area contributed by atoms with E-state index in [1.165, 1.54) is 0 Å². The molecular formula is C23H26N6O2. The van der Waals surface area contributed by atoms with Crippen molar-refractivity contribution >= 4 is 17.7 Å². The molecule has 5 rings (SSSR count). The molecule has 0 aliphatic carbocycles. The third-order valence-corrected chi connectivity index (χ3v) is 5.83. The fraction of sp³-hybridized carbons (Fsp3) is 0.348. The summed E-state index contributed by atoms with van der Waals surface area (Å²) in [7, 11) is 0. The summed E-state index contributed by atoms with van der Waals surface area (Å²) in [4.78, 5) is 28.5. The SMILES string of the molecule is O=C(c1ccc(-n2cccc2)cc1)N1CCN(c2ccnc(N3CCOCC3)n2)CC1. The third kappa shape index (κ3) is 4.25. The van der Waals surface area contributed by atoms with E-state index < -0.39 is 0 Å². The lowest BCUT2D eigenvalue weighted by atomic mass is 10.1. The summed E-state index contributed by atoms with van der Waals surface area (Å²) in [5.74, 6) is 1.75. The van der Waals surface area contributed by atoms with Crippen LogP contribution in [-0.2, 0) is 4.74 Å². The van der Waals surface area contributed by atoms with E-state index in [1.807, 2.05) is 70.5 Å². The van der Waals surface area contributed by atoms with Crippen LogP contribution in [0.4, 0.5) is 11.8 Å². The molecule has 2 aliphatic heterocycles. The largest absolute Gasteiger partial charge is 0.378 e. The van der Waals surface area contributed by atoms with Crippen molar-refractivity contribution in [2.75, 3.05) is 62.3 Å². The van der Waals surface area contributed by atoms with E-state index in [9.17, 15) is 4.79 Å². The highest BCUT2D eigenvalue weighted by Crippen LogP contribution is 2.19. The van der Waals surface area contributed by atoms with Gasteiger partial charge in [-0.05, 0) is 42.5 Å². The number of carbonyl (C=O) groups excluding carboxylic acids is 1. The molecule has 2 aromatic heterocycles. The highest BCUT2D eigenvalue weighted by molar-refractivity contribution is 5.94. The molecular weight excluding hydrogens is 392 g/mol. The van der Waals surface area contributed by atoms with Gasteiger partial charge in [0.1, 0.15) is 5.82 Å². The lowest BCUT2D eigenvalue weighted by Gasteiger charge is -2.36. The number of nitrogens with zero attached hydrogens (tertiary/aromatic N) is 6. The number of hydrogen-bond donors (Lipinski definition) is 0. The van der Waals surface area contributed by atoms with E-state index in [0.717, 1.165) is 49.2 Å². The minimum absolute atomic E-state index is 0.0791. The summed E-state index contributed by atoms with van der Waals surface area (Å²) >= 11 is 0. The number of aromatic nitrogens is 3. The van der Waals surface area contributed by atoms with Gasteiger partial charge in [-0.3, -0.25) is 4.79 Å². The van der Waals surface area contributed by atoms with Crippen LogP contribution in [-0.4, -0.2) is 77.8 Å². The van der Waals surface area contributed by atoms with Crippen LogP contribution in [0.3, 0.4) is 0 Å². The fourth-order valence-corrected chi connectivity index (χ4v) is 4.04. The molecule has 0 spiro atoms. The second-order valence-electron chi connectivity index (χ2n) is 7.73. The number of hydrogen-bond acceptors (Lipinski definition) is 6. The molecule has 0 radical (unpaired) electrons. The standard InChI is InChI=1S/C23H26N6O2/c30-22(19-3-5-20(6-4-19)26-9-1-2-10-26)28-13-11-27(12-14-28)21-7-8-24-23(25-21)29-15-17-31-18-16-29/h1-10H,11-18H2. The first-order chi connectivity index (χ1) is 15.3. The zero-order chi connectivity index (χ0) is 21.0. The van der Waals surface area contributed by atoms with E-state index in [4.69, 9.17) is 9.72 Å². The molecule has 0 bridgehead atoms. The predicted molar refractivity (Wildman–Crippen MR) is 119 cm³/mol. The molecule has 0 unspecified atom stereocenters. The van der Waals surface area contributed by atoms with Crippen molar-refractivity contribution in [2.45, 2.75) is 0 Å². The Hall–Kier alpha value is -3.39. The van der Waals surface area contributed by atoms with E-state index in [1.54, 1.807) is 0 Å². The second-order valence-corrected chi connectivity index (χ2v) is 7.73. The molecule has 2 fully saturated rings. The van der Waals surface area contributed by atoms with Gasteiger partial charge in [0.2, 0.25) is 5.95 Å². The number of morpholine rings is 1. The van der Waals surface area contributed by atoms with Crippen LogP contribution in [0.1, 0.15) is 10.4 Å².